The third-order valence-electron chi connectivity index (χ3n) is 5.85. The number of aliphatic hydroxyl groups excluding tert-OH is 1. The lowest BCUT2D eigenvalue weighted by Crippen LogP contribution is -2.30. The monoisotopic (exact) mass is 657 g/mol. The average molecular weight is 659 g/mol. The molecule has 1 N–H and O–H groups in total. The highest BCUT2D eigenvalue weighted by Crippen LogP contribution is 2.43. The van der Waals surface area contributed by atoms with Gasteiger partial charge in [0.1, 0.15) is 0 Å². The second-order valence-electron chi connectivity index (χ2n) is 8.37. The van der Waals surface area contributed by atoms with Crippen molar-refractivity contribution in [3.63, 3.8) is 0 Å². The minimum atomic E-state index is -0.880. The lowest BCUT2D eigenvalue weighted by atomic mass is 9.96. The molecule has 3 aromatic carbocycles. The highest BCUT2D eigenvalue weighted by Gasteiger charge is 2.45. The van der Waals surface area contributed by atoms with Gasteiger partial charge in [-0.3, -0.25) is 14.5 Å². The first-order chi connectivity index (χ1) is 18.8. The zero-order chi connectivity index (χ0) is 27.5. The molecule has 0 bridgehead atoms. The predicted molar refractivity (Wildman–Crippen MR) is 160 cm³/mol. The molecule has 196 valence electrons. The van der Waals surface area contributed by atoms with Crippen molar-refractivity contribution in [3.05, 3.63) is 121 Å². The lowest BCUT2D eigenvalue weighted by molar-refractivity contribution is -0.117. The predicted octanol–water partition coefficient (Wildman–Crippen LogP) is 8.08. The molecule has 0 spiro atoms. The molecular formula is C28H18BrCl2N3O3S2. The van der Waals surface area contributed by atoms with Crippen LogP contribution in [0.5, 0.6) is 0 Å². The number of benzene rings is 3. The summed E-state index contributed by atoms with van der Waals surface area (Å²) >= 11 is 18.3. The molecule has 1 atom stereocenters. The molecule has 0 saturated carbocycles. The number of thioether (sulfide) groups is 1. The summed E-state index contributed by atoms with van der Waals surface area (Å²) in [6.07, 6.45) is 3.01. The van der Waals surface area contributed by atoms with Gasteiger partial charge in [0.15, 0.2) is 15.9 Å². The van der Waals surface area contributed by atoms with E-state index in [1.807, 2.05) is 48.5 Å². The van der Waals surface area contributed by atoms with Crippen molar-refractivity contribution in [3.8, 4) is 0 Å². The number of aromatic nitrogens is 2. The van der Waals surface area contributed by atoms with Gasteiger partial charge in [-0.2, -0.15) is 0 Å². The topological polar surface area (TPSA) is 83.4 Å². The first-order valence-electron chi connectivity index (χ1n) is 11.5. The molecule has 1 aliphatic rings. The Kier molecular flexibility index (Phi) is 8.54. The van der Waals surface area contributed by atoms with Crippen LogP contribution in [0.3, 0.4) is 0 Å². The van der Waals surface area contributed by atoms with Crippen LogP contribution in [0.2, 0.25) is 10.0 Å². The smallest absolute Gasteiger partial charge is 0.296 e. The number of aliphatic hydroxyl groups is 1. The Hall–Kier alpha value is -2.95. The third kappa shape index (κ3) is 6.13. The van der Waals surface area contributed by atoms with Crippen LogP contribution in [0.1, 0.15) is 22.7 Å². The quantitative estimate of drug-likeness (QED) is 0.117. The van der Waals surface area contributed by atoms with Crippen LogP contribution in [0.25, 0.3) is 6.08 Å². The number of anilines is 1. The van der Waals surface area contributed by atoms with Crippen LogP contribution in [-0.2, 0) is 15.3 Å². The van der Waals surface area contributed by atoms with Gasteiger partial charge in [-0.1, -0.05) is 117 Å². The number of carbonyl (C=O) groups is 2. The number of carbonyl (C=O) groups excluding carboxylic acids is 2. The van der Waals surface area contributed by atoms with Crippen molar-refractivity contribution >= 4 is 85.1 Å². The second-order valence-corrected chi connectivity index (χ2v) is 12.3. The van der Waals surface area contributed by atoms with E-state index in [1.165, 1.54) is 34.1 Å². The maximum absolute atomic E-state index is 13.4. The third-order valence-corrected chi connectivity index (χ3v) is 9.07. The Labute approximate surface area is 251 Å². The van der Waals surface area contributed by atoms with E-state index in [9.17, 15) is 14.7 Å². The minimum Gasteiger partial charge on any atom is -0.503 e. The van der Waals surface area contributed by atoms with Gasteiger partial charge in [0.2, 0.25) is 5.13 Å². The molecule has 1 amide bonds. The number of nitrogens with zero attached hydrogens (tertiary/aromatic N) is 3. The molecule has 39 heavy (non-hydrogen) atoms. The number of hydrogen-bond acceptors (Lipinski definition) is 7. The van der Waals surface area contributed by atoms with Crippen LogP contribution in [0.4, 0.5) is 5.13 Å². The summed E-state index contributed by atoms with van der Waals surface area (Å²) in [5.41, 5.74) is 2.32. The first-order valence-corrected chi connectivity index (χ1v) is 14.9. The van der Waals surface area contributed by atoms with Gasteiger partial charge in [-0.25, -0.2) is 0 Å². The van der Waals surface area contributed by atoms with Crippen LogP contribution in [0, 0.1) is 0 Å². The zero-order valence-corrected chi connectivity index (χ0v) is 24.7. The van der Waals surface area contributed by atoms with Gasteiger partial charge in [0.25, 0.3) is 5.91 Å². The Morgan fingerprint density at radius 1 is 1.08 bits per heavy atom. The van der Waals surface area contributed by atoms with E-state index in [2.05, 4.69) is 26.1 Å². The summed E-state index contributed by atoms with van der Waals surface area (Å²) in [5.74, 6) is -1.28. The Balaban J connectivity index is 1.45. The summed E-state index contributed by atoms with van der Waals surface area (Å²) in [5, 5.41) is 20.7. The van der Waals surface area contributed by atoms with Gasteiger partial charge >= 0.3 is 0 Å². The highest BCUT2D eigenvalue weighted by atomic mass is 79.9. The van der Waals surface area contributed by atoms with Crippen molar-refractivity contribution in [2.24, 2.45) is 0 Å². The number of hydrogen-bond donors (Lipinski definition) is 1. The summed E-state index contributed by atoms with van der Waals surface area (Å²) in [6, 6.07) is 20.9. The molecule has 1 aromatic heterocycles. The van der Waals surface area contributed by atoms with Crippen LogP contribution >= 0.6 is 62.2 Å². The fraction of sp³-hybridized carbons (Fsp3) is 0.0714. The number of rotatable bonds is 8. The summed E-state index contributed by atoms with van der Waals surface area (Å²) in [4.78, 5) is 28.0. The zero-order valence-electron chi connectivity index (χ0n) is 19.9. The van der Waals surface area contributed by atoms with Crippen molar-refractivity contribution in [1.29, 1.82) is 0 Å². The Morgan fingerprint density at radius 3 is 2.54 bits per heavy atom. The van der Waals surface area contributed by atoms with Gasteiger partial charge in [-0.05, 0) is 47.0 Å². The summed E-state index contributed by atoms with van der Waals surface area (Å²) < 4.78 is 1.43. The SMILES string of the molecule is O=C(/C=C/c1ccccc1)C1=C(O)C(=O)N(c2nnc(SCc3ccc(Cl)cc3Cl)s2)C1c1ccc(Br)cc1. The maximum Gasteiger partial charge on any atom is 0.296 e. The van der Waals surface area contributed by atoms with E-state index in [-0.39, 0.29) is 10.7 Å². The van der Waals surface area contributed by atoms with E-state index in [0.717, 1.165) is 15.6 Å². The average Bonchev–Trinajstić information content (AvgIpc) is 3.50. The Bertz CT molecular complexity index is 1610. The summed E-state index contributed by atoms with van der Waals surface area (Å²) in [6.45, 7) is 0. The minimum absolute atomic E-state index is 0.0214. The molecule has 4 aromatic rings. The molecule has 5 rings (SSSR count). The first kappa shape index (κ1) is 27.6. The number of amides is 1. The second kappa shape index (κ2) is 12.1. The van der Waals surface area contributed by atoms with Gasteiger partial charge in [0, 0.05) is 20.3 Å². The molecule has 0 saturated heterocycles. The number of halogens is 3. The van der Waals surface area contributed by atoms with Gasteiger partial charge < -0.3 is 5.11 Å². The molecule has 11 heteroatoms. The van der Waals surface area contributed by atoms with Crippen LogP contribution in [-0.4, -0.2) is 27.0 Å². The number of allylic oxidation sites excluding steroid dienone is 1. The van der Waals surface area contributed by atoms with Crippen molar-refractivity contribution in [2.75, 3.05) is 4.90 Å². The molecule has 0 radical (unpaired) electrons. The Morgan fingerprint density at radius 2 is 1.82 bits per heavy atom. The van der Waals surface area contributed by atoms with Gasteiger partial charge in [-0.15, -0.1) is 10.2 Å². The van der Waals surface area contributed by atoms with Crippen molar-refractivity contribution in [1.82, 2.24) is 10.2 Å². The molecule has 0 fully saturated rings. The fourth-order valence-corrected chi connectivity index (χ4v) is 6.67. The summed E-state index contributed by atoms with van der Waals surface area (Å²) in [7, 11) is 0. The van der Waals surface area contributed by atoms with Crippen LogP contribution < -0.4 is 4.90 Å². The molecule has 1 aliphatic heterocycles. The fourth-order valence-electron chi connectivity index (χ4n) is 3.98. The maximum atomic E-state index is 13.4. The van der Waals surface area contributed by atoms with Crippen LogP contribution in [0.15, 0.2) is 99.0 Å². The van der Waals surface area contributed by atoms with E-state index < -0.39 is 23.5 Å². The molecule has 2 heterocycles. The highest BCUT2D eigenvalue weighted by molar-refractivity contribution is 9.10. The van der Waals surface area contributed by atoms with Crippen molar-refractivity contribution in [2.45, 2.75) is 16.1 Å². The van der Waals surface area contributed by atoms with Gasteiger partial charge in [0.05, 0.1) is 11.6 Å². The van der Waals surface area contributed by atoms with E-state index >= 15 is 0 Å². The van der Waals surface area contributed by atoms with E-state index in [0.29, 0.717) is 25.7 Å². The molecule has 6 nitrogen and oxygen atoms in total. The molecule has 0 aliphatic carbocycles. The molecular weight excluding hydrogens is 641 g/mol. The van der Waals surface area contributed by atoms with E-state index in [4.69, 9.17) is 23.2 Å². The normalized spacial score (nSPS) is 15.5. The number of ketones is 1. The largest absolute Gasteiger partial charge is 0.503 e. The van der Waals surface area contributed by atoms with Crippen molar-refractivity contribution < 1.29 is 14.7 Å². The lowest BCUT2D eigenvalue weighted by Gasteiger charge is -2.23. The molecule has 1 unspecified atom stereocenters. The standard InChI is InChI=1S/C28H18BrCl2N3O3S2/c29-19-10-7-17(8-11-19)24-23(22(35)13-6-16-4-2-1-3-5-16)25(36)26(37)34(24)27-32-33-28(39-27)38-15-18-9-12-20(30)14-21(18)31/h1-14,24,36H,15H2/b13-6+. The van der Waals surface area contributed by atoms with E-state index in [1.54, 1.807) is 30.3 Å².